The summed E-state index contributed by atoms with van der Waals surface area (Å²) in [6, 6.07) is 37.1. The summed E-state index contributed by atoms with van der Waals surface area (Å²) in [5, 5.41) is 4.97. The topological polar surface area (TPSA) is 37.1 Å². The van der Waals surface area contributed by atoms with E-state index in [2.05, 4.69) is 90.9 Å². The van der Waals surface area contributed by atoms with Crippen LogP contribution in [0.5, 0.6) is 0 Å². The quantitative estimate of drug-likeness (QED) is 0.134. The van der Waals surface area contributed by atoms with Crippen molar-refractivity contribution in [2.24, 2.45) is 0 Å². The number of anilines is 3. The van der Waals surface area contributed by atoms with Gasteiger partial charge in [-0.2, -0.15) is 29.2 Å². The first-order chi connectivity index (χ1) is 20.6. The largest absolute Gasteiger partial charge is 0.319 e. The SMILES string of the molecule is [2H]C([2H])([2H])N1[OH+]N(c2[c-]c(Sc3[c-]c4c(cc3)c3ccccc3n4-c3cc(C(C)(C)C)ccn3)ccc2)c2ccccc21.[Pt]. The van der Waals surface area contributed by atoms with E-state index in [0.717, 1.165) is 42.5 Å². The maximum atomic E-state index is 7.94. The number of aromatic nitrogens is 2. The van der Waals surface area contributed by atoms with Crippen molar-refractivity contribution in [3.8, 4) is 5.82 Å². The summed E-state index contributed by atoms with van der Waals surface area (Å²) < 4.78 is 26.0. The van der Waals surface area contributed by atoms with Gasteiger partial charge < -0.3 is 4.57 Å². The third-order valence-corrected chi connectivity index (χ3v) is 8.03. The Bertz CT molecular complexity index is 2000. The van der Waals surface area contributed by atoms with Crippen molar-refractivity contribution in [1.29, 1.82) is 0 Å². The van der Waals surface area contributed by atoms with Gasteiger partial charge in [-0.15, -0.1) is 55.3 Å². The van der Waals surface area contributed by atoms with Crippen molar-refractivity contribution in [3.63, 3.8) is 0 Å². The summed E-state index contributed by atoms with van der Waals surface area (Å²) in [5.74, 6) is 0.860. The molecule has 0 fully saturated rings. The van der Waals surface area contributed by atoms with Crippen LogP contribution in [0, 0.1) is 12.1 Å². The second-order valence-electron chi connectivity index (χ2n) is 10.8. The Morgan fingerprint density at radius 3 is 2.44 bits per heavy atom. The van der Waals surface area contributed by atoms with Gasteiger partial charge in [0.05, 0.1) is 11.1 Å². The van der Waals surface area contributed by atoms with E-state index in [0.29, 0.717) is 17.1 Å². The average Bonchev–Trinajstić information content (AvgIpc) is 3.53. The van der Waals surface area contributed by atoms with Gasteiger partial charge in [-0.1, -0.05) is 56.6 Å². The first kappa shape index (κ1) is 24.1. The molecule has 0 bridgehead atoms. The molecule has 0 radical (unpaired) electrons. The Hall–Kier alpha value is -3.57. The Morgan fingerprint density at radius 2 is 1.61 bits per heavy atom. The van der Waals surface area contributed by atoms with Gasteiger partial charge in [-0.3, -0.25) is 0 Å². The summed E-state index contributed by atoms with van der Waals surface area (Å²) >= 11 is 1.55. The summed E-state index contributed by atoms with van der Waals surface area (Å²) in [5.41, 5.74) is 5.12. The van der Waals surface area contributed by atoms with Crippen LogP contribution >= 0.6 is 11.8 Å². The monoisotopic (exact) mass is 739 g/mol. The van der Waals surface area contributed by atoms with Crippen LogP contribution < -0.4 is 10.1 Å². The Kier molecular flexibility index (Phi) is 6.27. The molecular weight excluding hydrogens is 708 g/mol. The van der Waals surface area contributed by atoms with Crippen LogP contribution in [0.1, 0.15) is 30.4 Å². The molecule has 2 aromatic heterocycles. The minimum Gasteiger partial charge on any atom is -0.319 e. The molecule has 0 amide bonds. The van der Waals surface area contributed by atoms with Crippen LogP contribution in [-0.2, 0) is 26.5 Å². The van der Waals surface area contributed by atoms with Crippen LogP contribution in [0.15, 0.2) is 107 Å². The molecule has 6 aromatic rings. The molecule has 0 saturated carbocycles. The Morgan fingerprint density at radius 1 is 0.829 bits per heavy atom. The third kappa shape index (κ3) is 4.95. The van der Waals surface area contributed by atoms with Gasteiger partial charge in [0, 0.05) is 38.5 Å². The zero-order valence-corrected chi connectivity index (χ0v) is 25.8. The van der Waals surface area contributed by atoms with Gasteiger partial charge in [0.15, 0.2) is 0 Å². The second kappa shape index (κ2) is 10.7. The van der Waals surface area contributed by atoms with Crippen LogP contribution in [0.25, 0.3) is 27.6 Å². The van der Waals surface area contributed by atoms with E-state index in [4.69, 9.17) is 9.10 Å². The second-order valence-corrected chi connectivity index (χ2v) is 11.9. The molecule has 1 aliphatic heterocycles. The number of hydroxylamine groups is 1. The van der Waals surface area contributed by atoms with E-state index in [-0.39, 0.29) is 26.5 Å². The van der Waals surface area contributed by atoms with E-state index in [1.165, 1.54) is 5.56 Å². The standard InChI is InChI=1S/C34H28N4OS.Pt/c1-34(2,3)23-18-19-35-33(20-23)37-29-13-6-5-12-27(29)28-17-16-26(22-32(28)37)40-25-11-9-10-24(21-25)38-31-15-8-7-14-30(31)36(4)39-38;/h5-20H,1-4H3;/q-2;/p+1/i4D3;. The molecule has 7 heteroatoms. The summed E-state index contributed by atoms with van der Waals surface area (Å²) in [7, 11) is 0. The number of nitrogens with zero attached hydrogens (tertiary/aromatic N) is 4. The van der Waals surface area contributed by atoms with Crippen molar-refractivity contribution >= 4 is 50.6 Å². The average molecular weight is 740 g/mol. The van der Waals surface area contributed by atoms with Crippen LogP contribution in [0.3, 0.4) is 0 Å². The fourth-order valence-corrected chi connectivity index (χ4v) is 5.93. The van der Waals surface area contributed by atoms with Crippen molar-refractivity contribution in [1.82, 2.24) is 9.55 Å². The number of hydrogen-bond acceptors (Lipinski definition) is 4. The molecule has 4 aromatic carbocycles. The first-order valence-corrected chi connectivity index (χ1v) is 13.9. The summed E-state index contributed by atoms with van der Waals surface area (Å²) in [4.78, 5) is 11.0. The minimum absolute atomic E-state index is 0. The van der Waals surface area contributed by atoms with Crippen molar-refractivity contribution in [3.05, 3.63) is 115 Å². The van der Waals surface area contributed by atoms with Crippen molar-refractivity contribution in [2.45, 2.75) is 36.0 Å². The number of benzene rings is 4. The van der Waals surface area contributed by atoms with Gasteiger partial charge >= 0.3 is 0 Å². The van der Waals surface area contributed by atoms with Gasteiger partial charge in [0.25, 0.3) is 0 Å². The predicted octanol–water partition coefficient (Wildman–Crippen LogP) is 8.65. The van der Waals surface area contributed by atoms with Crippen LogP contribution in [0.4, 0.5) is 17.1 Å². The minimum atomic E-state index is -2.40. The number of fused-ring (bicyclic) bond motifs is 4. The maximum absolute atomic E-state index is 7.94. The van der Waals surface area contributed by atoms with Crippen molar-refractivity contribution < 1.29 is 30.1 Å². The fraction of sp³-hybridized carbons (Fsp3) is 0.147. The van der Waals surface area contributed by atoms with Gasteiger partial charge in [-0.05, 0) is 46.7 Å². The van der Waals surface area contributed by atoms with Crippen molar-refractivity contribution in [2.75, 3.05) is 17.1 Å². The molecule has 7 rings (SSSR count). The number of hydrogen-bond donors (Lipinski definition) is 0. The van der Waals surface area contributed by atoms with E-state index >= 15 is 0 Å². The molecule has 0 saturated heterocycles. The van der Waals surface area contributed by atoms with E-state index in [1.807, 2.05) is 42.6 Å². The Labute approximate surface area is 263 Å². The molecule has 1 N–H and O–H groups in total. The fourth-order valence-electron chi connectivity index (χ4n) is 5.10. The van der Waals surface area contributed by atoms with E-state index in [9.17, 15) is 0 Å². The molecule has 3 heterocycles. The zero-order valence-electron chi connectivity index (χ0n) is 25.7. The van der Waals surface area contributed by atoms with Gasteiger partial charge in [-0.25, -0.2) is 4.98 Å². The Balaban J connectivity index is 0.00000343. The zero-order chi connectivity index (χ0) is 29.9. The number of rotatable bonds is 4. The first-order valence-electron chi connectivity index (χ1n) is 14.6. The predicted molar refractivity (Wildman–Crippen MR) is 164 cm³/mol. The summed E-state index contributed by atoms with van der Waals surface area (Å²) in [6.07, 6.45) is 1.88. The maximum Gasteiger partial charge on any atom is 0.145 e. The molecule has 1 aliphatic rings. The van der Waals surface area contributed by atoms with Crippen LogP contribution in [0.2, 0.25) is 0 Å². The van der Waals surface area contributed by atoms with E-state index < -0.39 is 6.98 Å². The normalized spacial score (nSPS) is 14.5. The molecule has 0 aliphatic carbocycles. The van der Waals surface area contributed by atoms with Crippen LogP contribution in [-0.4, -0.2) is 21.5 Å². The molecule has 41 heavy (non-hydrogen) atoms. The molecule has 208 valence electrons. The number of para-hydroxylation sites is 3. The molecule has 0 unspecified atom stereocenters. The third-order valence-electron chi connectivity index (χ3n) is 7.12. The molecule has 0 spiro atoms. The van der Waals surface area contributed by atoms with Gasteiger partial charge in [0.1, 0.15) is 17.2 Å². The molecule has 0 atom stereocenters. The van der Waals surface area contributed by atoms with Gasteiger partial charge in [0.2, 0.25) is 0 Å². The summed E-state index contributed by atoms with van der Waals surface area (Å²) in [6.45, 7) is 4.22. The smallest absolute Gasteiger partial charge is 0.145 e. The van der Waals surface area contributed by atoms with E-state index in [1.54, 1.807) is 22.9 Å². The molecular formula is C34H29N4OPtS-. The number of pyridine rings is 1. The molecule has 5 nitrogen and oxygen atoms in total.